The van der Waals surface area contributed by atoms with Crippen LogP contribution in [0.4, 0.5) is 0 Å². The molecule has 120 valence electrons. The van der Waals surface area contributed by atoms with Gasteiger partial charge in [-0.2, -0.15) is 0 Å². The Morgan fingerprint density at radius 3 is 2.18 bits per heavy atom. The molecule has 22 heavy (non-hydrogen) atoms. The van der Waals surface area contributed by atoms with Crippen LogP contribution in [-0.2, 0) is 16.7 Å². The lowest BCUT2D eigenvalue weighted by Crippen LogP contribution is -2.24. The lowest BCUT2D eigenvalue weighted by atomic mass is 10.0. The molecule has 0 aliphatic carbocycles. The maximum absolute atomic E-state index is 6.25. The van der Waals surface area contributed by atoms with Gasteiger partial charge in [-0.3, -0.25) is 0 Å². The first kappa shape index (κ1) is 16.7. The fraction of sp³-hybridized carbons (Fsp3) is 0.556. The largest absolute Gasteiger partial charge is 0.368 e. The highest BCUT2D eigenvalue weighted by Crippen LogP contribution is 2.27. The predicted molar refractivity (Wildman–Crippen MR) is 88.7 cm³/mol. The third-order valence-corrected chi connectivity index (χ3v) is 3.29. The van der Waals surface area contributed by atoms with Gasteiger partial charge in [-0.1, -0.05) is 35.5 Å². The summed E-state index contributed by atoms with van der Waals surface area (Å²) in [6.45, 7) is 12.6. The highest BCUT2D eigenvalue weighted by atomic mass is 16.5. The first-order valence-corrected chi connectivity index (χ1v) is 7.80. The van der Waals surface area contributed by atoms with Gasteiger partial charge in [0.15, 0.2) is 0 Å². The van der Waals surface area contributed by atoms with Gasteiger partial charge < -0.3 is 4.74 Å². The molecule has 4 heteroatoms. The molecule has 0 amide bonds. The molecule has 1 unspecified atom stereocenters. The van der Waals surface area contributed by atoms with Crippen LogP contribution in [0.1, 0.15) is 58.9 Å². The average Bonchev–Trinajstić information content (AvgIpc) is 2.86. The maximum atomic E-state index is 6.25. The Morgan fingerprint density at radius 2 is 1.68 bits per heavy atom. The summed E-state index contributed by atoms with van der Waals surface area (Å²) in [6.07, 6.45) is 2.71. The van der Waals surface area contributed by atoms with Crippen LogP contribution in [0.5, 0.6) is 0 Å². The lowest BCUT2D eigenvalue weighted by Gasteiger charge is -2.27. The Morgan fingerprint density at radius 1 is 1.05 bits per heavy atom. The van der Waals surface area contributed by atoms with Gasteiger partial charge in [0.1, 0.15) is 0 Å². The van der Waals surface area contributed by atoms with E-state index in [0.717, 1.165) is 12.1 Å². The molecule has 0 aliphatic heterocycles. The van der Waals surface area contributed by atoms with Crippen molar-refractivity contribution in [1.82, 2.24) is 15.0 Å². The molecule has 0 saturated carbocycles. The van der Waals surface area contributed by atoms with E-state index in [1.165, 1.54) is 5.56 Å². The molecule has 1 atom stereocenters. The highest BCUT2D eigenvalue weighted by molar-refractivity contribution is 5.19. The molecule has 0 aliphatic rings. The summed E-state index contributed by atoms with van der Waals surface area (Å²) in [5.41, 5.74) is 1.86. The summed E-state index contributed by atoms with van der Waals surface area (Å²) >= 11 is 0. The van der Waals surface area contributed by atoms with E-state index in [-0.39, 0.29) is 17.2 Å². The standard InChI is InChI=1S/C18H27N3O/c1-17(2,3)21-13-15(19-20-21)12-16(22-18(4,5)6)14-10-8-7-9-11-14/h7-11,13,16H,12H2,1-6H3. The summed E-state index contributed by atoms with van der Waals surface area (Å²) in [7, 11) is 0. The van der Waals surface area contributed by atoms with Crippen molar-refractivity contribution in [2.45, 2.75) is 65.2 Å². The molecule has 1 aromatic heterocycles. The Hall–Kier alpha value is -1.68. The SMILES string of the molecule is CC(C)(C)OC(Cc1cn(C(C)(C)C)nn1)c1ccccc1. The number of benzene rings is 1. The van der Waals surface area contributed by atoms with Crippen molar-refractivity contribution in [1.29, 1.82) is 0 Å². The third-order valence-electron chi connectivity index (χ3n) is 3.29. The van der Waals surface area contributed by atoms with Crippen LogP contribution < -0.4 is 0 Å². The second kappa shape index (κ2) is 6.21. The van der Waals surface area contributed by atoms with Crippen LogP contribution in [0, 0.1) is 0 Å². The van der Waals surface area contributed by atoms with E-state index in [0.29, 0.717) is 0 Å². The van der Waals surface area contributed by atoms with Crippen LogP contribution in [0.25, 0.3) is 0 Å². The van der Waals surface area contributed by atoms with E-state index in [2.05, 4.69) is 64.0 Å². The predicted octanol–water partition coefficient (Wildman–Crippen LogP) is 4.13. The number of aromatic nitrogens is 3. The van der Waals surface area contributed by atoms with Crippen molar-refractivity contribution in [3.63, 3.8) is 0 Å². The Bertz CT molecular complexity index is 591. The summed E-state index contributed by atoms with van der Waals surface area (Å²) in [4.78, 5) is 0. The van der Waals surface area contributed by atoms with Gasteiger partial charge in [-0.15, -0.1) is 5.10 Å². The quantitative estimate of drug-likeness (QED) is 0.852. The topological polar surface area (TPSA) is 39.9 Å². The van der Waals surface area contributed by atoms with Crippen LogP contribution in [-0.4, -0.2) is 20.6 Å². The van der Waals surface area contributed by atoms with E-state index in [1.54, 1.807) is 0 Å². The van der Waals surface area contributed by atoms with Crippen molar-refractivity contribution >= 4 is 0 Å². The summed E-state index contributed by atoms with van der Waals surface area (Å²) < 4.78 is 8.15. The Balaban J connectivity index is 2.21. The normalized spacial score (nSPS) is 14.1. The summed E-state index contributed by atoms with van der Waals surface area (Å²) in [5.74, 6) is 0. The maximum Gasteiger partial charge on any atom is 0.0888 e. The minimum Gasteiger partial charge on any atom is -0.368 e. The lowest BCUT2D eigenvalue weighted by molar-refractivity contribution is -0.0617. The average molecular weight is 301 g/mol. The Kier molecular flexibility index (Phi) is 4.71. The zero-order valence-corrected chi connectivity index (χ0v) is 14.5. The smallest absolute Gasteiger partial charge is 0.0888 e. The number of hydrogen-bond donors (Lipinski definition) is 0. The van der Waals surface area contributed by atoms with Crippen molar-refractivity contribution in [3.05, 3.63) is 47.8 Å². The summed E-state index contributed by atoms with van der Waals surface area (Å²) in [6, 6.07) is 10.3. The number of hydrogen-bond acceptors (Lipinski definition) is 3. The van der Waals surface area contributed by atoms with Gasteiger partial charge in [0, 0.05) is 12.6 Å². The van der Waals surface area contributed by atoms with E-state index < -0.39 is 0 Å². The fourth-order valence-electron chi connectivity index (χ4n) is 2.23. The van der Waals surface area contributed by atoms with Gasteiger partial charge in [0.25, 0.3) is 0 Å². The summed E-state index contributed by atoms with van der Waals surface area (Å²) in [5, 5.41) is 8.55. The zero-order chi connectivity index (χ0) is 16.4. The molecule has 2 rings (SSSR count). The van der Waals surface area contributed by atoms with Gasteiger partial charge in [0.05, 0.1) is 22.9 Å². The highest BCUT2D eigenvalue weighted by Gasteiger charge is 2.23. The zero-order valence-electron chi connectivity index (χ0n) is 14.5. The molecule has 0 bridgehead atoms. The van der Waals surface area contributed by atoms with Crippen molar-refractivity contribution in [3.8, 4) is 0 Å². The number of rotatable bonds is 4. The van der Waals surface area contributed by atoms with Crippen molar-refractivity contribution in [2.75, 3.05) is 0 Å². The van der Waals surface area contributed by atoms with Crippen LogP contribution >= 0.6 is 0 Å². The first-order valence-electron chi connectivity index (χ1n) is 7.80. The van der Waals surface area contributed by atoms with Crippen LogP contribution in [0.2, 0.25) is 0 Å². The molecule has 4 nitrogen and oxygen atoms in total. The van der Waals surface area contributed by atoms with Gasteiger partial charge in [-0.05, 0) is 47.1 Å². The molecule has 0 saturated heterocycles. The van der Waals surface area contributed by atoms with Gasteiger partial charge in [-0.25, -0.2) is 4.68 Å². The molecule has 2 aromatic rings. The molecule has 0 radical (unpaired) electrons. The Labute approximate surface area is 133 Å². The fourth-order valence-corrected chi connectivity index (χ4v) is 2.23. The van der Waals surface area contributed by atoms with E-state index in [9.17, 15) is 0 Å². The van der Waals surface area contributed by atoms with E-state index in [1.807, 2.05) is 29.1 Å². The molecule has 1 aromatic carbocycles. The molecular formula is C18H27N3O. The van der Waals surface area contributed by atoms with Crippen LogP contribution in [0.3, 0.4) is 0 Å². The van der Waals surface area contributed by atoms with Crippen molar-refractivity contribution in [2.24, 2.45) is 0 Å². The molecule has 0 N–H and O–H groups in total. The molecular weight excluding hydrogens is 274 g/mol. The number of ether oxygens (including phenoxy) is 1. The molecule has 1 heterocycles. The third kappa shape index (κ3) is 4.67. The first-order chi connectivity index (χ1) is 10.1. The van der Waals surface area contributed by atoms with Crippen molar-refractivity contribution < 1.29 is 4.74 Å². The minimum atomic E-state index is -0.208. The molecule has 0 spiro atoms. The molecule has 0 fully saturated rings. The number of nitrogens with zero attached hydrogens (tertiary/aromatic N) is 3. The van der Waals surface area contributed by atoms with E-state index >= 15 is 0 Å². The van der Waals surface area contributed by atoms with Gasteiger partial charge >= 0.3 is 0 Å². The van der Waals surface area contributed by atoms with Crippen LogP contribution in [0.15, 0.2) is 36.5 Å². The van der Waals surface area contributed by atoms with E-state index in [4.69, 9.17) is 4.74 Å². The van der Waals surface area contributed by atoms with Gasteiger partial charge in [0.2, 0.25) is 0 Å². The minimum absolute atomic E-state index is 0.0219. The second-order valence-electron chi connectivity index (χ2n) is 7.66. The second-order valence-corrected chi connectivity index (χ2v) is 7.66. The monoisotopic (exact) mass is 301 g/mol.